The molecule has 0 aliphatic carbocycles. The number of amides is 1. The molecule has 1 amide bonds. The summed E-state index contributed by atoms with van der Waals surface area (Å²) in [7, 11) is 1.53. The second-order valence-electron chi connectivity index (χ2n) is 3.59. The molecular formula is C11H11N3O3. The molecule has 1 N–H and O–H groups in total. The summed E-state index contributed by atoms with van der Waals surface area (Å²) in [4.78, 5) is 21.8. The number of hydrogen-bond acceptors (Lipinski definition) is 3. The third-order valence-electron chi connectivity index (χ3n) is 2.56. The van der Waals surface area contributed by atoms with Gasteiger partial charge in [-0.1, -0.05) is 12.1 Å². The number of likely N-dealkylation sites (N-methyl/N-ethyl adjacent to an activating group) is 1. The van der Waals surface area contributed by atoms with Crippen LogP contribution in [0, 0.1) is 10.1 Å². The molecule has 0 fully saturated rings. The molecule has 1 aromatic heterocycles. The zero-order valence-electron chi connectivity index (χ0n) is 9.21. The largest absolute Gasteiger partial charge is 0.358 e. The van der Waals surface area contributed by atoms with E-state index in [0.717, 1.165) is 5.39 Å². The van der Waals surface area contributed by atoms with Crippen LogP contribution in [0.4, 0.5) is 5.69 Å². The van der Waals surface area contributed by atoms with Crippen molar-refractivity contribution in [1.82, 2.24) is 9.88 Å². The van der Waals surface area contributed by atoms with Gasteiger partial charge in [-0.3, -0.25) is 14.9 Å². The van der Waals surface area contributed by atoms with Crippen molar-refractivity contribution in [2.45, 2.75) is 6.54 Å². The number of nitro groups is 1. The van der Waals surface area contributed by atoms with Gasteiger partial charge in [0.2, 0.25) is 5.91 Å². The Labute approximate surface area is 97.0 Å². The zero-order chi connectivity index (χ0) is 12.4. The minimum atomic E-state index is -0.442. The van der Waals surface area contributed by atoms with Crippen molar-refractivity contribution in [3.8, 4) is 0 Å². The highest BCUT2D eigenvalue weighted by atomic mass is 16.6. The zero-order valence-corrected chi connectivity index (χ0v) is 9.21. The van der Waals surface area contributed by atoms with E-state index in [4.69, 9.17) is 0 Å². The number of fused-ring (bicyclic) bond motifs is 1. The highest BCUT2D eigenvalue weighted by Crippen LogP contribution is 2.26. The Morgan fingerprint density at radius 1 is 1.47 bits per heavy atom. The number of hydrogen-bond donors (Lipinski definition) is 1. The number of non-ortho nitro benzene ring substituents is 1. The van der Waals surface area contributed by atoms with Crippen LogP contribution >= 0.6 is 0 Å². The van der Waals surface area contributed by atoms with Crippen molar-refractivity contribution in [3.05, 3.63) is 40.6 Å². The molecule has 88 valence electrons. The fourth-order valence-electron chi connectivity index (χ4n) is 1.75. The quantitative estimate of drug-likeness (QED) is 0.641. The first-order chi connectivity index (χ1) is 8.13. The minimum Gasteiger partial charge on any atom is -0.358 e. The molecule has 0 aliphatic rings. The van der Waals surface area contributed by atoms with E-state index in [1.54, 1.807) is 29.0 Å². The molecule has 17 heavy (non-hydrogen) atoms. The van der Waals surface area contributed by atoms with Gasteiger partial charge in [-0.2, -0.15) is 0 Å². The topological polar surface area (TPSA) is 77.2 Å². The molecule has 6 heteroatoms. The first kappa shape index (κ1) is 11.1. The second-order valence-corrected chi connectivity index (χ2v) is 3.59. The summed E-state index contributed by atoms with van der Waals surface area (Å²) in [5.74, 6) is -0.194. The van der Waals surface area contributed by atoms with E-state index in [1.807, 2.05) is 0 Å². The van der Waals surface area contributed by atoms with Crippen LogP contribution in [0.15, 0.2) is 30.5 Å². The molecule has 0 saturated carbocycles. The lowest BCUT2D eigenvalue weighted by Crippen LogP contribution is -2.23. The SMILES string of the molecule is CNC(=O)Cn1ccc2cccc([N+](=O)[O-])c21. The van der Waals surface area contributed by atoms with Gasteiger partial charge < -0.3 is 9.88 Å². The molecule has 0 spiro atoms. The maximum atomic E-state index is 11.3. The average molecular weight is 233 g/mol. The van der Waals surface area contributed by atoms with Crippen molar-refractivity contribution in [2.75, 3.05) is 7.05 Å². The molecule has 2 rings (SSSR count). The van der Waals surface area contributed by atoms with Gasteiger partial charge >= 0.3 is 0 Å². The molecule has 1 aromatic carbocycles. The Hall–Kier alpha value is -2.37. The van der Waals surface area contributed by atoms with Gasteiger partial charge in [0, 0.05) is 24.7 Å². The summed E-state index contributed by atoms with van der Waals surface area (Å²) in [6.07, 6.45) is 1.67. The number of aromatic nitrogens is 1. The first-order valence-corrected chi connectivity index (χ1v) is 5.06. The van der Waals surface area contributed by atoms with Crippen LogP contribution in [0.5, 0.6) is 0 Å². The number of nitro benzene ring substituents is 1. The van der Waals surface area contributed by atoms with Gasteiger partial charge in [-0.15, -0.1) is 0 Å². The molecular weight excluding hydrogens is 222 g/mol. The van der Waals surface area contributed by atoms with Crippen molar-refractivity contribution in [2.24, 2.45) is 0 Å². The van der Waals surface area contributed by atoms with Gasteiger partial charge in [0.15, 0.2) is 0 Å². The maximum Gasteiger partial charge on any atom is 0.293 e. The van der Waals surface area contributed by atoms with Crippen LogP contribution < -0.4 is 5.32 Å². The Balaban J connectivity index is 2.57. The lowest BCUT2D eigenvalue weighted by molar-refractivity contribution is -0.383. The lowest BCUT2D eigenvalue weighted by Gasteiger charge is -2.04. The van der Waals surface area contributed by atoms with Crippen LogP contribution in [0.1, 0.15) is 0 Å². The normalized spacial score (nSPS) is 10.4. The van der Waals surface area contributed by atoms with Crippen LogP contribution in [-0.4, -0.2) is 22.4 Å². The summed E-state index contributed by atoms with van der Waals surface area (Å²) < 4.78 is 1.58. The lowest BCUT2D eigenvalue weighted by atomic mass is 10.2. The summed E-state index contributed by atoms with van der Waals surface area (Å²) in [5, 5.41) is 14.2. The number of carbonyl (C=O) groups is 1. The number of para-hydroxylation sites is 1. The van der Waals surface area contributed by atoms with E-state index in [-0.39, 0.29) is 18.1 Å². The van der Waals surface area contributed by atoms with E-state index in [0.29, 0.717) is 5.52 Å². The van der Waals surface area contributed by atoms with E-state index < -0.39 is 4.92 Å². The maximum absolute atomic E-state index is 11.3. The van der Waals surface area contributed by atoms with Gasteiger partial charge in [0.1, 0.15) is 12.1 Å². The third-order valence-corrected chi connectivity index (χ3v) is 2.56. The van der Waals surface area contributed by atoms with E-state index in [9.17, 15) is 14.9 Å². The monoisotopic (exact) mass is 233 g/mol. The van der Waals surface area contributed by atoms with Gasteiger partial charge in [-0.05, 0) is 6.07 Å². The number of carbonyl (C=O) groups excluding carboxylic acids is 1. The van der Waals surface area contributed by atoms with Crippen molar-refractivity contribution < 1.29 is 9.72 Å². The number of nitrogens with one attached hydrogen (secondary N) is 1. The third kappa shape index (κ3) is 1.96. The summed E-state index contributed by atoms with van der Waals surface area (Å²) in [6, 6.07) is 6.60. The van der Waals surface area contributed by atoms with Gasteiger partial charge in [-0.25, -0.2) is 0 Å². The highest BCUT2D eigenvalue weighted by molar-refractivity contribution is 5.89. The van der Waals surface area contributed by atoms with E-state index in [2.05, 4.69) is 5.32 Å². The molecule has 0 bridgehead atoms. The Morgan fingerprint density at radius 3 is 2.88 bits per heavy atom. The predicted octanol–water partition coefficient (Wildman–Crippen LogP) is 1.30. The Kier molecular flexibility index (Phi) is 2.78. The second kappa shape index (κ2) is 4.25. The number of nitrogens with zero attached hydrogens (tertiary/aromatic N) is 2. The van der Waals surface area contributed by atoms with Crippen molar-refractivity contribution in [3.63, 3.8) is 0 Å². The van der Waals surface area contributed by atoms with Crippen molar-refractivity contribution in [1.29, 1.82) is 0 Å². The van der Waals surface area contributed by atoms with E-state index >= 15 is 0 Å². The van der Waals surface area contributed by atoms with Crippen LogP contribution in [0.25, 0.3) is 10.9 Å². The molecule has 0 atom stereocenters. The van der Waals surface area contributed by atoms with Crippen LogP contribution in [-0.2, 0) is 11.3 Å². The molecule has 0 unspecified atom stereocenters. The summed E-state index contributed by atoms with van der Waals surface area (Å²) in [6.45, 7) is 0.0743. The number of benzene rings is 1. The highest BCUT2D eigenvalue weighted by Gasteiger charge is 2.16. The fourth-order valence-corrected chi connectivity index (χ4v) is 1.75. The fraction of sp³-hybridized carbons (Fsp3) is 0.182. The van der Waals surface area contributed by atoms with Crippen LogP contribution in [0.3, 0.4) is 0 Å². The molecule has 0 aliphatic heterocycles. The smallest absolute Gasteiger partial charge is 0.293 e. The van der Waals surface area contributed by atoms with E-state index in [1.165, 1.54) is 13.1 Å². The minimum absolute atomic E-state index is 0.0106. The standard InChI is InChI=1S/C11H11N3O3/c1-12-10(15)7-13-6-5-8-3-2-4-9(11(8)13)14(16)17/h2-6H,7H2,1H3,(H,12,15). The molecule has 6 nitrogen and oxygen atoms in total. The molecule has 1 heterocycles. The molecule has 0 radical (unpaired) electrons. The first-order valence-electron chi connectivity index (χ1n) is 5.06. The predicted molar refractivity (Wildman–Crippen MR) is 62.7 cm³/mol. The molecule has 0 saturated heterocycles. The Morgan fingerprint density at radius 2 is 2.24 bits per heavy atom. The van der Waals surface area contributed by atoms with Gasteiger partial charge in [0.25, 0.3) is 5.69 Å². The summed E-state index contributed by atoms with van der Waals surface area (Å²) in [5.41, 5.74) is 0.484. The average Bonchev–Trinajstić information content (AvgIpc) is 2.72. The molecule has 2 aromatic rings. The summed E-state index contributed by atoms with van der Waals surface area (Å²) >= 11 is 0. The van der Waals surface area contributed by atoms with Crippen molar-refractivity contribution >= 4 is 22.5 Å². The Bertz CT molecular complexity index is 589. The van der Waals surface area contributed by atoms with Gasteiger partial charge in [0.05, 0.1) is 4.92 Å². The van der Waals surface area contributed by atoms with Crippen LogP contribution in [0.2, 0.25) is 0 Å². The number of rotatable bonds is 3.